The molecule has 7 heteroatoms. The number of rotatable bonds is 2. The van der Waals surface area contributed by atoms with Crippen LogP contribution in [-0.2, 0) is 4.79 Å². The van der Waals surface area contributed by atoms with Crippen LogP contribution in [0.25, 0.3) is 0 Å². The van der Waals surface area contributed by atoms with Crippen molar-refractivity contribution in [1.29, 1.82) is 0 Å². The molecule has 0 aromatic heterocycles. The van der Waals surface area contributed by atoms with Crippen LogP contribution >= 0.6 is 0 Å². The van der Waals surface area contributed by atoms with Crippen LogP contribution in [0.2, 0.25) is 0 Å². The number of aryl methyl sites for hydroxylation is 2. The van der Waals surface area contributed by atoms with Gasteiger partial charge in [-0.15, -0.1) is 0 Å². The van der Waals surface area contributed by atoms with Crippen molar-refractivity contribution in [2.45, 2.75) is 39.9 Å². The molecule has 1 saturated heterocycles. The van der Waals surface area contributed by atoms with Gasteiger partial charge in [-0.25, -0.2) is 9.79 Å². The van der Waals surface area contributed by atoms with Gasteiger partial charge in [0.05, 0.1) is 0 Å². The summed E-state index contributed by atoms with van der Waals surface area (Å²) < 4.78 is 0. The van der Waals surface area contributed by atoms with Crippen LogP contribution in [0.15, 0.2) is 35.1 Å². The van der Waals surface area contributed by atoms with Crippen molar-refractivity contribution in [2.75, 3.05) is 18.5 Å². The normalized spacial score (nSPS) is 24.8. The predicted molar refractivity (Wildman–Crippen MR) is 99.5 cm³/mol. The molecular formula is C19H23N5O2. The minimum absolute atomic E-state index is 0.189. The van der Waals surface area contributed by atoms with E-state index in [0.29, 0.717) is 12.5 Å². The van der Waals surface area contributed by atoms with E-state index in [0.717, 1.165) is 11.4 Å². The molecule has 3 heterocycles. The van der Waals surface area contributed by atoms with Crippen LogP contribution in [0.4, 0.5) is 10.5 Å². The lowest BCUT2D eigenvalue weighted by Crippen LogP contribution is -2.64. The molecule has 0 aliphatic carbocycles. The Labute approximate surface area is 153 Å². The van der Waals surface area contributed by atoms with E-state index < -0.39 is 12.2 Å². The molecule has 4 rings (SSSR count). The Morgan fingerprint density at radius 1 is 1.08 bits per heavy atom. The zero-order valence-corrected chi connectivity index (χ0v) is 15.7. The summed E-state index contributed by atoms with van der Waals surface area (Å²) in [4.78, 5) is 36.9. The van der Waals surface area contributed by atoms with Crippen LogP contribution < -0.4 is 4.90 Å². The van der Waals surface area contributed by atoms with Gasteiger partial charge in [0.25, 0.3) is 5.91 Å². The third-order valence-electron chi connectivity index (χ3n) is 5.17. The average molecular weight is 353 g/mol. The van der Waals surface area contributed by atoms with Gasteiger partial charge in [0, 0.05) is 31.2 Å². The van der Waals surface area contributed by atoms with Crippen molar-refractivity contribution in [2.24, 2.45) is 4.99 Å². The largest absolute Gasteiger partial charge is 0.328 e. The maximum atomic E-state index is 12.9. The van der Waals surface area contributed by atoms with E-state index in [2.05, 4.69) is 36.9 Å². The summed E-state index contributed by atoms with van der Waals surface area (Å²) in [6, 6.07) is 5.55. The molecule has 136 valence electrons. The topological polar surface area (TPSA) is 59.5 Å². The lowest BCUT2D eigenvalue weighted by Gasteiger charge is -2.39. The summed E-state index contributed by atoms with van der Waals surface area (Å²) in [6.45, 7) is 8.31. The highest BCUT2D eigenvalue weighted by Crippen LogP contribution is 2.36. The predicted octanol–water partition coefficient (Wildman–Crippen LogP) is 2.26. The van der Waals surface area contributed by atoms with Gasteiger partial charge in [-0.3, -0.25) is 14.6 Å². The monoisotopic (exact) mass is 353 g/mol. The Bertz CT molecular complexity index is 854. The van der Waals surface area contributed by atoms with Gasteiger partial charge >= 0.3 is 6.03 Å². The van der Waals surface area contributed by atoms with Crippen LogP contribution in [0.1, 0.15) is 25.0 Å². The van der Waals surface area contributed by atoms with E-state index in [9.17, 15) is 9.59 Å². The van der Waals surface area contributed by atoms with E-state index in [1.807, 2.05) is 24.9 Å². The van der Waals surface area contributed by atoms with E-state index in [1.165, 1.54) is 16.0 Å². The second-order valence-electron chi connectivity index (χ2n) is 7.12. The van der Waals surface area contributed by atoms with Crippen molar-refractivity contribution in [3.05, 3.63) is 41.2 Å². The third kappa shape index (κ3) is 2.16. The number of aliphatic imine (C=N–C) groups is 1. The molecule has 3 amide bonds. The highest BCUT2D eigenvalue weighted by atomic mass is 16.2. The molecule has 3 aliphatic rings. The van der Waals surface area contributed by atoms with Gasteiger partial charge in [-0.1, -0.05) is 6.07 Å². The van der Waals surface area contributed by atoms with Crippen molar-refractivity contribution in [3.63, 3.8) is 0 Å². The number of hydrogen-bond acceptors (Lipinski definition) is 5. The van der Waals surface area contributed by atoms with Crippen LogP contribution in [0, 0.1) is 13.8 Å². The Hall–Kier alpha value is -2.83. The third-order valence-corrected chi connectivity index (χ3v) is 5.17. The second-order valence-corrected chi connectivity index (χ2v) is 7.12. The first kappa shape index (κ1) is 16.6. The lowest BCUT2D eigenvalue weighted by atomic mass is 10.1. The van der Waals surface area contributed by atoms with Crippen LogP contribution in [0.3, 0.4) is 0 Å². The fourth-order valence-electron chi connectivity index (χ4n) is 4.04. The second kappa shape index (κ2) is 5.59. The summed E-state index contributed by atoms with van der Waals surface area (Å²) in [5.41, 5.74) is 4.36. The highest BCUT2D eigenvalue weighted by molar-refractivity contribution is 6.09. The van der Waals surface area contributed by atoms with E-state index in [1.54, 1.807) is 11.9 Å². The maximum Gasteiger partial charge on any atom is 0.328 e. The van der Waals surface area contributed by atoms with Crippen molar-refractivity contribution in [1.82, 2.24) is 14.7 Å². The summed E-state index contributed by atoms with van der Waals surface area (Å²) >= 11 is 0. The fourth-order valence-corrected chi connectivity index (χ4v) is 4.04. The van der Waals surface area contributed by atoms with Gasteiger partial charge in [0.15, 0.2) is 12.2 Å². The molecule has 7 nitrogen and oxygen atoms in total. The molecule has 0 saturated carbocycles. The zero-order valence-electron chi connectivity index (χ0n) is 15.7. The van der Waals surface area contributed by atoms with Crippen molar-refractivity contribution < 1.29 is 9.59 Å². The van der Waals surface area contributed by atoms with Crippen molar-refractivity contribution in [3.8, 4) is 0 Å². The fraction of sp³-hybridized carbons (Fsp3) is 0.421. The molecule has 0 bridgehead atoms. The summed E-state index contributed by atoms with van der Waals surface area (Å²) in [5.74, 6) is 0.513. The Kier molecular flexibility index (Phi) is 3.57. The van der Waals surface area contributed by atoms with Crippen LogP contribution in [-0.4, -0.2) is 58.4 Å². The number of nitrogens with zero attached hydrogens (tertiary/aromatic N) is 5. The Morgan fingerprint density at radius 2 is 1.73 bits per heavy atom. The van der Waals surface area contributed by atoms with Crippen molar-refractivity contribution >= 4 is 23.6 Å². The number of amides is 3. The number of hydrogen-bond donors (Lipinski definition) is 0. The summed E-state index contributed by atoms with van der Waals surface area (Å²) in [5, 5.41) is 0. The summed E-state index contributed by atoms with van der Waals surface area (Å²) in [6.07, 6.45) is 1.46. The first-order valence-corrected chi connectivity index (χ1v) is 8.84. The molecule has 1 fully saturated rings. The molecular weight excluding hydrogens is 330 g/mol. The smallest absolute Gasteiger partial charge is 0.302 e. The quantitative estimate of drug-likeness (QED) is 0.818. The van der Waals surface area contributed by atoms with Gasteiger partial charge < -0.3 is 9.80 Å². The molecule has 3 aliphatic heterocycles. The number of carbonyl (C=O) groups is 2. The number of guanidine groups is 1. The molecule has 2 unspecified atom stereocenters. The number of carbonyl (C=O) groups excluding carboxylic acids is 2. The zero-order chi connectivity index (χ0) is 18.7. The molecule has 1 aromatic carbocycles. The minimum atomic E-state index is -0.501. The van der Waals surface area contributed by atoms with E-state index in [4.69, 9.17) is 4.99 Å². The van der Waals surface area contributed by atoms with Gasteiger partial charge in [0.1, 0.15) is 0 Å². The van der Waals surface area contributed by atoms with E-state index >= 15 is 0 Å². The molecule has 1 aromatic rings. The SMILES string of the molecule is CCN1C(=O)C2C(N=C3N(c4cc(C)cc(C)c4)C(C)=CN32)N(C)C1=O. The lowest BCUT2D eigenvalue weighted by molar-refractivity contribution is -0.136. The average Bonchev–Trinajstić information content (AvgIpc) is 3.06. The number of benzene rings is 1. The number of urea groups is 1. The van der Waals surface area contributed by atoms with E-state index in [-0.39, 0.29) is 11.9 Å². The first-order chi connectivity index (χ1) is 12.3. The number of anilines is 1. The number of fused-ring (bicyclic) bond motifs is 3. The first-order valence-electron chi connectivity index (χ1n) is 8.84. The molecule has 0 N–H and O–H groups in total. The number of likely N-dealkylation sites (N-methyl/N-ethyl adjacent to an activating group) is 2. The Balaban J connectivity index is 1.77. The Morgan fingerprint density at radius 3 is 2.35 bits per heavy atom. The van der Waals surface area contributed by atoms with Crippen LogP contribution in [0.5, 0.6) is 0 Å². The van der Waals surface area contributed by atoms with Gasteiger partial charge in [0.2, 0.25) is 5.96 Å². The molecule has 2 atom stereocenters. The highest BCUT2D eigenvalue weighted by Gasteiger charge is 2.54. The standard InChI is InChI=1S/C19H23N5O2/c1-6-22-17(25)15-16(21(5)19(22)26)20-18-23(15)10-13(4)24(18)14-8-11(2)7-12(3)9-14/h7-10,15-16H,6H2,1-5H3. The number of allylic oxidation sites excluding steroid dienone is 1. The van der Waals surface area contributed by atoms with Gasteiger partial charge in [-0.05, 0) is 51.0 Å². The molecule has 0 spiro atoms. The molecule has 0 radical (unpaired) electrons. The summed E-state index contributed by atoms with van der Waals surface area (Å²) in [7, 11) is 1.71. The van der Waals surface area contributed by atoms with Gasteiger partial charge in [-0.2, -0.15) is 0 Å². The molecule has 26 heavy (non-hydrogen) atoms. The maximum absolute atomic E-state index is 12.9. The minimum Gasteiger partial charge on any atom is -0.302 e. The number of imide groups is 1.